The molecule has 0 spiro atoms. The number of methoxy groups -OCH3 is 1. The first-order valence-corrected chi connectivity index (χ1v) is 6.57. The Morgan fingerprint density at radius 2 is 2.05 bits per heavy atom. The van der Waals surface area contributed by atoms with Gasteiger partial charge in [0.2, 0.25) is 5.88 Å². The fourth-order valence-corrected chi connectivity index (χ4v) is 1.81. The average molecular weight is 283 g/mol. The third-order valence-electron chi connectivity index (χ3n) is 3.20. The highest BCUT2D eigenvalue weighted by atomic mass is 16.5. The van der Waals surface area contributed by atoms with Crippen LogP contribution in [0.5, 0.6) is 17.4 Å². The third kappa shape index (κ3) is 3.50. The zero-order chi connectivity index (χ0) is 15.2. The van der Waals surface area contributed by atoms with Gasteiger partial charge in [-0.05, 0) is 31.7 Å². The van der Waals surface area contributed by atoms with Gasteiger partial charge < -0.3 is 14.8 Å². The van der Waals surface area contributed by atoms with Crippen LogP contribution in [0.3, 0.4) is 0 Å². The molecule has 21 heavy (non-hydrogen) atoms. The number of nitrogens with zero attached hydrogens (tertiary/aromatic N) is 2. The summed E-state index contributed by atoms with van der Waals surface area (Å²) in [5.74, 6) is 1.51. The lowest BCUT2D eigenvalue weighted by Gasteiger charge is -2.12. The van der Waals surface area contributed by atoms with Crippen LogP contribution in [0.2, 0.25) is 0 Å². The number of benzene rings is 1. The molecule has 0 aliphatic rings. The van der Waals surface area contributed by atoms with Crippen LogP contribution < -0.4 is 14.8 Å². The van der Waals surface area contributed by atoms with E-state index in [1.165, 1.54) is 7.11 Å². The van der Waals surface area contributed by atoms with Crippen molar-refractivity contribution in [1.82, 2.24) is 10.3 Å². The van der Waals surface area contributed by atoms with Gasteiger partial charge >= 0.3 is 0 Å². The van der Waals surface area contributed by atoms with Crippen LogP contribution in [0.4, 0.5) is 0 Å². The Morgan fingerprint density at radius 1 is 1.24 bits per heavy atom. The van der Waals surface area contributed by atoms with Crippen LogP contribution in [0.1, 0.15) is 24.1 Å². The van der Waals surface area contributed by atoms with Crippen LogP contribution >= 0.6 is 0 Å². The molecule has 5 nitrogen and oxygen atoms in total. The molecule has 0 aliphatic carbocycles. The number of ether oxygens (including phenoxy) is 2. The number of rotatable bonds is 5. The lowest BCUT2D eigenvalue weighted by Crippen LogP contribution is -2.12. The molecule has 0 aliphatic heterocycles. The molecule has 108 valence electrons. The second kappa shape index (κ2) is 6.73. The summed E-state index contributed by atoms with van der Waals surface area (Å²) in [7, 11) is 3.44. The van der Waals surface area contributed by atoms with Crippen LogP contribution in [0.15, 0.2) is 36.5 Å². The van der Waals surface area contributed by atoms with Gasteiger partial charge in [0.1, 0.15) is 0 Å². The molecule has 5 heteroatoms. The van der Waals surface area contributed by atoms with E-state index in [1.807, 2.05) is 13.1 Å². The summed E-state index contributed by atoms with van der Waals surface area (Å²) in [4.78, 5) is 4.28. The Labute approximate surface area is 124 Å². The molecule has 1 unspecified atom stereocenters. The molecule has 0 bridgehead atoms. The Hall–Kier alpha value is -2.58. The molecule has 0 saturated heterocycles. The van der Waals surface area contributed by atoms with Crippen molar-refractivity contribution in [3.05, 3.63) is 47.7 Å². The van der Waals surface area contributed by atoms with Gasteiger partial charge in [0.15, 0.2) is 11.5 Å². The van der Waals surface area contributed by atoms with Crippen molar-refractivity contribution in [2.45, 2.75) is 13.0 Å². The molecule has 2 rings (SSSR count). The molecule has 0 saturated carbocycles. The van der Waals surface area contributed by atoms with Gasteiger partial charge in [-0.25, -0.2) is 4.98 Å². The SMILES string of the molecule is CNC(C)c1ccc(Oc2ccc(C#N)cc2OC)nc1. The first-order valence-electron chi connectivity index (χ1n) is 6.57. The summed E-state index contributed by atoms with van der Waals surface area (Å²) in [6, 6.07) is 11.1. The summed E-state index contributed by atoms with van der Waals surface area (Å²) in [5.41, 5.74) is 1.60. The van der Waals surface area contributed by atoms with Gasteiger partial charge in [-0.1, -0.05) is 6.07 Å². The van der Waals surface area contributed by atoms with Gasteiger partial charge in [0.05, 0.1) is 18.7 Å². The normalized spacial score (nSPS) is 11.5. The minimum absolute atomic E-state index is 0.232. The smallest absolute Gasteiger partial charge is 0.219 e. The van der Waals surface area contributed by atoms with E-state index in [0.717, 1.165) is 5.56 Å². The Kier molecular flexibility index (Phi) is 4.75. The van der Waals surface area contributed by atoms with Crippen molar-refractivity contribution in [3.8, 4) is 23.4 Å². The second-order valence-electron chi connectivity index (χ2n) is 4.52. The molecular weight excluding hydrogens is 266 g/mol. The molecule has 2 aromatic rings. The monoisotopic (exact) mass is 283 g/mol. The van der Waals surface area contributed by atoms with Crippen LogP contribution in [0, 0.1) is 11.3 Å². The van der Waals surface area contributed by atoms with E-state index in [1.54, 1.807) is 30.5 Å². The summed E-state index contributed by atoms with van der Waals surface area (Å²) in [5, 5.41) is 12.0. The van der Waals surface area contributed by atoms with Crippen molar-refractivity contribution in [2.75, 3.05) is 14.2 Å². The molecule has 0 fully saturated rings. The molecule has 0 radical (unpaired) electrons. The minimum Gasteiger partial charge on any atom is -0.493 e. The highest BCUT2D eigenvalue weighted by molar-refractivity contribution is 5.48. The number of nitriles is 1. The zero-order valence-corrected chi connectivity index (χ0v) is 12.3. The molecule has 1 N–H and O–H groups in total. The Balaban J connectivity index is 2.20. The summed E-state index contributed by atoms with van der Waals surface area (Å²) in [6.07, 6.45) is 1.77. The largest absolute Gasteiger partial charge is 0.493 e. The summed E-state index contributed by atoms with van der Waals surface area (Å²) < 4.78 is 10.9. The van der Waals surface area contributed by atoms with Crippen LogP contribution in [-0.4, -0.2) is 19.1 Å². The van der Waals surface area contributed by atoms with E-state index in [2.05, 4.69) is 23.3 Å². The van der Waals surface area contributed by atoms with Crippen LogP contribution in [0.25, 0.3) is 0 Å². The zero-order valence-electron chi connectivity index (χ0n) is 12.3. The second-order valence-corrected chi connectivity index (χ2v) is 4.52. The molecular formula is C16H17N3O2. The summed E-state index contributed by atoms with van der Waals surface area (Å²) in [6.45, 7) is 2.06. The van der Waals surface area contributed by atoms with Crippen molar-refractivity contribution < 1.29 is 9.47 Å². The minimum atomic E-state index is 0.232. The van der Waals surface area contributed by atoms with Crippen LogP contribution in [-0.2, 0) is 0 Å². The highest BCUT2D eigenvalue weighted by Gasteiger charge is 2.09. The standard InChI is InChI=1S/C16H17N3O2/c1-11(18-2)13-5-7-16(19-10-13)21-14-6-4-12(9-17)8-15(14)20-3/h4-8,10-11,18H,1-3H3. The van der Waals surface area contributed by atoms with Crippen molar-refractivity contribution in [1.29, 1.82) is 5.26 Å². The number of pyridine rings is 1. The molecule has 0 amide bonds. The van der Waals surface area contributed by atoms with Gasteiger partial charge in [0.25, 0.3) is 0 Å². The first kappa shape index (κ1) is 14.8. The Bertz CT molecular complexity index is 648. The highest BCUT2D eigenvalue weighted by Crippen LogP contribution is 2.31. The fourth-order valence-electron chi connectivity index (χ4n) is 1.81. The topological polar surface area (TPSA) is 67.2 Å². The maximum absolute atomic E-state index is 8.88. The van der Waals surface area contributed by atoms with E-state index in [0.29, 0.717) is 22.9 Å². The lowest BCUT2D eigenvalue weighted by atomic mass is 10.1. The average Bonchev–Trinajstić information content (AvgIpc) is 2.55. The first-order chi connectivity index (χ1) is 10.2. The van der Waals surface area contributed by atoms with E-state index in [9.17, 15) is 0 Å². The molecule has 1 aromatic heterocycles. The van der Waals surface area contributed by atoms with Gasteiger partial charge in [-0.3, -0.25) is 0 Å². The molecule has 1 atom stereocenters. The number of nitrogens with one attached hydrogen (secondary N) is 1. The maximum Gasteiger partial charge on any atom is 0.219 e. The quantitative estimate of drug-likeness (QED) is 0.913. The molecule has 1 aromatic carbocycles. The van der Waals surface area contributed by atoms with E-state index in [4.69, 9.17) is 14.7 Å². The van der Waals surface area contributed by atoms with Crippen molar-refractivity contribution >= 4 is 0 Å². The van der Waals surface area contributed by atoms with E-state index < -0.39 is 0 Å². The van der Waals surface area contributed by atoms with Gasteiger partial charge in [0, 0.05) is 24.4 Å². The maximum atomic E-state index is 8.88. The number of hydrogen-bond donors (Lipinski definition) is 1. The van der Waals surface area contributed by atoms with E-state index >= 15 is 0 Å². The predicted octanol–water partition coefficient (Wildman–Crippen LogP) is 3.03. The van der Waals surface area contributed by atoms with E-state index in [-0.39, 0.29) is 6.04 Å². The number of hydrogen-bond acceptors (Lipinski definition) is 5. The van der Waals surface area contributed by atoms with Crippen molar-refractivity contribution in [2.24, 2.45) is 0 Å². The van der Waals surface area contributed by atoms with Gasteiger partial charge in [-0.15, -0.1) is 0 Å². The van der Waals surface area contributed by atoms with Crippen molar-refractivity contribution in [3.63, 3.8) is 0 Å². The Morgan fingerprint density at radius 3 is 2.62 bits per heavy atom. The summed E-state index contributed by atoms with van der Waals surface area (Å²) >= 11 is 0. The number of aromatic nitrogens is 1. The molecule has 1 heterocycles. The van der Waals surface area contributed by atoms with Gasteiger partial charge in [-0.2, -0.15) is 5.26 Å². The lowest BCUT2D eigenvalue weighted by molar-refractivity contribution is 0.374. The predicted molar refractivity (Wildman–Crippen MR) is 79.5 cm³/mol. The third-order valence-corrected chi connectivity index (χ3v) is 3.20. The fraction of sp³-hybridized carbons (Fsp3) is 0.250.